The van der Waals surface area contributed by atoms with E-state index in [0.717, 1.165) is 17.2 Å². The Kier molecular flexibility index (Phi) is 9.47. The fourth-order valence-electron chi connectivity index (χ4n) is 1.40. The van der Waals surface area contributed by atoms with E-state index in [1.54, 1.807) is 11.8 Å². The number of carbonyl (C=O) groups is 1. The Bertz CT molecular complexity index is 373. The van der Waals surface area contributed by atoms with E-state index in [1.165, 1.54) is 0 Å². The minimum absolute atomic E-state index is 0. The maximum Gasteiger partial charge on any atom is 0.228 e. The molecular formula is C13H21ClN2O2S. The summed E-state index contributed by atoms with van der Waals surface area (Å²) in [6, 6.07) is 7.31. The first-order valence-electron chi connectivity index (χ1n) is 5.90. The number of hydrogen-bond acceptors (Lipinski definition) is 4. The molecule has 3 N–H and O–H groups in total. The Balaban J connectivity index is 0.00000324. The third-order valence-corrected chi connectivity index (χ3v) is 3.21. The van der Waals surface area contributed by atoms with E-state index in [-0.39, 0.29) is 24.2 Å². The molecule has 1 aromatic rings. The Labute approximate surface area is 124 Å². The monoisotopic (exact) mass is 304 g/mol. The summed E-state index contributed by atoms with van der Waals surface area (Å²) in [5, 5.41) is 2.88. The third kappa shape index (κ3) is 6.71. The molecule has 1 unspecified atom stereocenters. The normalized spacial score (nSPS) is 11.3. The molecule has 108 valence electrons. The molecule has 0 saturated heterocycles. The maximum atomic E-state index is 11.8. The van der Waals surface area contributed by atoms with Gasteiger partial charge in [0.05, 0.1) is 0 Å². The number of anilines is 1. The van der Waals surface area contributed by atoms with E-state index in [0.29, 0.717) is 13.2 Å². The van der Waals surface area contributed by atoms with Gasteiger partial charge in [-0.15, -0.1) is 12.4 Å². The summed E-state index contributed by atoms with van der Waals surface area (Å²) >= 11 is 1.67. The Morgan fingerprint density at radius 1 is 1.42 bits per heavy atom. The molecule has 1 atom stereocenters. The van der Waals surface area contributed by atoms with Crippen molar-refractivity contribution in [1.29, 1.82) is 0 Å². The van der Waals surface area contributed by atoms with Crippen LogP contribution in [0.15, 0.2) is 24.3 Å². The number of amides is 1. The van der Waals surface area contributed by atoms with Gasteiger partial charge in [0.1, 0.15) is 12.4 Å². The van der Waals surface area contributed by atoms with Crippen LogP contribution in [0.1, 0.15) is 6.92 Å². The number of ether oxygens (including phenoxy) is 1. The smallest absolute Gasteiger partial charge is 0.228 e. The molecule has 0 aliphatic heterocycles. The molecule has 0 aliphatic rings. The van der Waals surface area contributed by atoms with Gasteiger partial charge in [-0.1, -0.05) is 6.92 Å². The highest BCUT2D eigenvalue weighted by Gasteiger charge is 2.11. The highest BCUT2D eigenvalue weighted by Crippen LogP contribution is 2.16. The number of nitrogens with one attached hydrogen (secondary N) is 1. The van der Waals surface area contributed by atoms with Gasteiger partial charge in [0.2, 0.25) is 5.91 Å². The lowest BCUT2D eigenvalue weighted by Gasteiger charge is -2.11. The molecule has 1 aromatic carbocycles. The van der Waals surface area contributed by atoms with Crippen molar-refractivity contribution >= 4 is 35.8 Å². The second kappa shape index (κ2) is 9.95. The second-order valence-electron chi connectivity index (χ2n) is 4.01. The molecule has 4 nitrogen and oxygen atoms in total. The maximum absolute atomic E-state index is 11.8. The summed E-state index contributed by atoms with van der Waals surface area (Å²) < 4.78 is 5.36. The topological polar surface area (TPSA) is 64.3 Å². The number of halogens is 1. The van der Waals surface area contributed by atoms with Gasteiger partial charge in [0.25, 0.3) is 0 Å². The standard InChI is InChI=1S/C13H20N2O2S.ClH/c1-10(9-18-2)13(16)15-11-3-5-12(6-4-11)17-8-7-14;/h3-6,10H,7-9,14H2,1-2H3,(H,15,16);1H. The van der Waals surface area contributed by atoms with Gasteiger partial charge in [-0.25, -0.2) is 0 Å². The molecule has 0 heterocycles. The number of nitrogens with two attached hydrogens (primary N) is 1. The van der Waals surface area contributed by atoms with Crippen molar-refractivity contribution in [2.45, 2.75) is 6.92 Å². The number of benzene rings is 1. The summed E-state index contributed by atoms with van der Waals surface area (Å²) in [5.41, 5.74) is 6.14. The van der Waals surface area contributed by atoms with Crippen molar-refractivity contribution in [1.82, 2.24) is 0 Å². The van der Waals surface area contributed by atoms with Crippen LogP contribution in [-0.2, 0) is 4.79 Å². The van der Waals surface area contributed by atoms with Gasteiger partial charge < -0.3 is 15.8 Å². The van der Waals surface area contributed by atoms with Crippen molar-refractivity contribution in [2.75, 3.05) is 30.5 Å². The van der Waals surface area contributed by atoms with Gasteiger partial charge in [-0.2, -0.15) is 11.8 Å². The molecule has 0 bridgehead atoms. The van der Waals surface area contributed by atoms with Gasteiger partial charge in [0, 0.05) is 23.9 Å². The van der Waals surface area contributed by atoms with Crippen LogP contribution >= 0.6 is 24.2 Å². The van der Waals surface area contributed by atoms with Crippen molar-refractivity contribution < 1.29 is 9.53 Å². The van der Waals surface area contributed by atoms with Gasteiger partial charge in [-0.3, -0.25) is 4.79 Å². The average Bonchev–Trinajstić information content (AvgIpc) is 2.38. The van der Waals surface area contributed by atoms with E-state index in [2.05, 4.69) is 5.32 Å². The first-order chi connectivity index (χ1) is 8.67. The number of hydrogen-bond donors (Lipinski definition) is 2. The zero-order chi connectivity index (χ0) is 13.4. The molecular weight excluding hydrogens is 284 g/mol. The highest BCUT2D eigenvalue weighted by molar-refractivity contribution is 7.98. The van der Waals surface area contributed by atoms with Gasteiger partial charge in [-0.05, 0) is 30.5 Å². The molecule has 0 aliphatic carbocycles. The summed E-state index contributed by atoms with van der Waals surface area (Å²) in [4.78, 5) is 11.8. The lowest BCUT2D eigenvalue weighted by molar-refractivity contribution is -0.118. The number of rotatable bonds is 7. The Morgan fingerprint density at radius 3 is 2.58 bits per heavy atom. The van der Waals surface area contributed by atoms with E-state index in [4.69, 9.17) is 10.5 Å². The number of thioether (sulfide) groups is 1. The summed E-state index contributed by atoms with van der Waals surface area (Å²) in [6.45, 7) is 2.91. The van der Waals surface area contributed by atoms with Gasteiger partial charge >= 0.3 is 0 Å². The highest BCUT2D eigenvalue weighted by atomic mass is 35.5. The SMILES string of the molecule is CSCC(C)C(=O)Nc1ccc(OCCN)cc1.Cl. The molecule has 0 aromatic heterocycles. The first-order valence-corrected chi connectivity index (χ1v) is 7.29. The van der Waals surface area contributed by atoms with E-state index < -0.39 is 0 Å². The van der Waals surface area contributed by atoms with Crippen molar-refractivity contribution in [3.8, 4) is 5.75 Å². The predicted molar refractivity (Wildman–Crippen MR) is 84.4 cm³/mol. The fraction of sp³-hybridized carbons (Fsp3) is 0.462. The molecule has 0 fully saturated rings. The van der Waals surface area contributed by atoms with Crippen LogP contribution in [0, 0.1) is 5.92 Å². The minimum atomic E-state index is 0. The van der Waals surface area contributed by atoms with Crippen LogP contribution in [-0.4, -0.2) is 31.1 Å². The molecule has 19 heavy (non-hydrogen) atoms. The summed E-state index contributed by atoms with van der Waals surface area (Å²) in [7, 11) is 0. The molecule has 0 saturated carbocycles. The molecule has 1 amide bonds. The number of carbonyl (C=O) groups excluding carboxylic acids is 1. The zero-order valence-corrected chi connectivity index (χ0v) is 12.9. The Morgan fingerprint density at radius 2 is 2.05 bits per heavy atom. The van der Waals surface area contributed by atoms with Crippen molar-refractivity contribution in [2.24, 2.45) is 11.7 Å². The first kappa shape index (κ1) is 18.1. The molecule has 6 heteroatoms. The van der Waals surface area contributed by atoms with Gasteiger partial charge in [0.15, 0.2) is 0 Å². The van der Waals surface area contributed by atoms with Crippen molar-refractivity contribution in [3.05, 3.63) is 24.3 Å². The molecule has 0 spiro atoms. The lowest BCUT2D eigenvalue weighted by Crippen LogP contribution is -2.21. The summed E-state index contributed by atoms with van der Waals surface area (Å²) in [6.07, 6.45) is 1.99. The summed E-state index contributed by atoms with van der Waals surface area (Å²) in [5.74, 6) is 1.63. The Hall–Kier alpha value is -0.910. The van der Waals surface area contributed by atoms with Crippen LogP contribution in [0.4, 0.5) is 5.69 Å². The van der Waals surface area contributed by atoms with E-state index in [1.807, 2.05) is 37.4 Å². The van der Waals surface area contributed by atoms with Crippen LogP contribution in [0.5, 0.6) is 5.75 Å². The van der Waals surface area contributed by atoms with Crippen LogP contribution in [0.3, 0.4) is 0 Å². The molecule has 1 rings (SSSR count). The zero-order valence-electron chi connectivity index (χ0n) is 11.2. The predicted octanol–water partition coefficient (Wildman–Crippen LogP) is 2.38. The average molecular weight is 305 g/mol. The third-order valence-electron chi connectivity index (χ3n) is 2.37. The van der Waals surface area contributed by atoms with Crippen LogP contribution < -0.4 is 15.8 Å². The quantitative estimate of drug-likeness (QED) is 0.812. The lowest BCUT2D eigenvalue weighted by atomic mass is 10.2. The van der Waals surface area contributed by atoms with Crippen LogP contribution in [0.25, 0.3) is 0 Å². The van der Waals surface area contributed by atoms with E-state index in [9.17, 15) is 4.79 Å². The van der Waals surface area contributed by atoms with E-state index >= 15 is 0 Å². The minimum Gasteiger partial charge on any atom is -0.492 e. The fourth-order valence-corrected chi connectivity index (χ4v) is 2.05. The van der Waals surface area contributed by atoms with Crippen LogP contribution in [0.2, 0.25) is 0 Å². The van der Waals surface area contributed by atoms with Crippen molar-refractivity contribution in [3.63, 3.8) is 0 Å². The molecule has 0 radical (unpaired) electrons. The largest absolute Gasteiger partial charge is 0.492 e. The second-order valence-corrected chi connectivity index (χ2v) is 4.92.